The van der Waals surface area contributed by atoms with Crippen molar-refractivity contribution in [2.45, 2.75) is 58.4 Å². The van der Waals surface area contributed by atoms with E-state index >= 15 is 0 Å². The number of aliphatic carboxylic acids is 1. The molecule has 2 aromatic rings. The molecule has 2 N–H and O–H groups in total. The van der Waals surface area contributed by atoms with Crippen molar-refractivity contribution in [1.82, 2.24) is 10.2 Å². The average molecular weight is 579 g/mol. The average Bonchev–Trinajstić information content (AvgIpc) is 2.91. The predicted octanol–water partition coefficient (Wildman–Crippen LogP) is 4.53. The van der Waals surface area contributed by atoms with Gasteiger partial charge in [-0.3, -0.25) is 14.4 Å². The highest BCUT2D eigenvalue weighted by Crippen LogP contribution is 2.32. The summed E-state index contributed by atoms with van der Waals surface area (Å²) in [5, 5.41) is 11.6. The second-order valence-corrected chi connectivity index (χ2v) is 10.9. The number of carbonyl (C=O) groups excluding carboxylic acids is 3. The Morgan fingerprint density at radius 3 is 2.32 bits per heavy atom. The van der Waals surface area contributed by atoms with Crippen LogP contribution in [0.5, 0.6) is 11.5 Å². The molecule has 9 nitrogen and oxygen atoms in total. The van der Waals surface area contributed by atoms with Crippen LogP contribution < -0.4 is 14.8 Å². The molecule has 12 heteroatoms. The van der Waals surface area contributed by atoms with E-state index in [-0.39, 0.29) is 36.9 Å². The first-order chi connectivity index (χ1) is 19.2. The molecule has 1 fully saturated rings. The Morgan fingerprint density at radius 2 is 1.71 bits per heavy atom. The number of nitrogens with one attached hydrogen (secondary N) is 1. The molecule has 2 aromatic carbocycles. The number of halogens is 3. The molecule has 1 heterocycles. The van der Waals surface area contributed by atoms with Crippen molar-refractivity contribution in [3.63, 3.8) is 0 Å². The number of Topliss-reactive ketones (excluding diaryl/α,β-unsaturated/α-hetero) is 1. The first kappa shape index (κ1) is 31.4. The number of rotatable bonds is 9. The third-order valence-corrected chi connectivity index (χ3v) is 6.76. The molecule has 2 amide bonds. The first-order valence-electron chi connectivity index (χ1n) is 13.1. The normalized spacial score (nSPS) is 14.8. The maximum atomic E-state index is 14.2. The van der Waals surface area contributed by atoms with Crippen LogP contribution >= 0.6 is 0 Å². The molecular weight excluding hydrogens is 545 g/mol. The van der Waals surface area contributed by atoms with E-state index < -0.39 is 71.9 Å². The van der Waals surface area contributed by atoms with Gasteiger partial charge < -0.3 is 24.8 Å². The summed E-state index contributed by atoms with van der Waals surface area (Å²) in [7, 11) is 0. The number of hydrogen-bond donors (Lipinski definition) is 2. The summed E-state index contributed by atoms with van der Waals surface area (Å²) in [6.07, 6.45) is -0.917. The summed E-state index contributed by atoms with van der Waals surface area (Å²) in [5.41, 5.74) is 0.351. The zero-order valence-electron chi connectivity index (χ0n) is 23.3. The zero-order valence-corrected chi connectivity index (χ0v) is 23.3. The van der Waals surface area contributed by atoms with Gasteiger partial charge in [0, 0.05) is 24.6 Å². The number of ether oxygens (including phenoxy) is 2. The van der Waals surface area contributed by atoms with Gasteiger partial charge in [-0.15, -0.1) is 0 Å². The van der Waals surface area contributed by atoms with Crippen molar-refractivity contribution in [1.29, 1.82) is 0 Å². The fourth-order valence-electron chi connectivity index (χ4n) is 4.44. The molecule has 0 spiro atoms. The molecule has 3 rings (SSSR count). The van der Waals surface area contributed by atoms with Gasteiger partial charge in [-0.05, 0) is 42.9 Å². The quantitative estimate of drug-likeness (QED) is 0.420. The van der Waals surface area contributed by atoms with E-state index in [2.05, 4.69) is 5.32 Å². The fourth-order valence-corrected chi connectivity index (χ4v) is 4.44. The number of carboxylic acid groups (broad SMARTS) is 1. The number of piperidine rings is 1. The van der Waals surface area contributed by atoms with Crippen LogP contribution in [0.3, 0.4) is 0 Å². The third kappa shape index (κ3) is 7.99. The highest BCUT2D eigenvalue weighted by molar-refractivity contribution is 5.93. The van der Waals surface area contributed by atoms with Crippen LogP contribution in [0.1, 0.15) is 51.2 Å². The summed E-state index contributed by atoms with van der Waals surface area (Å²) >= 11 is 0. The molecule has 41 heavy (non-hydrogen) atoms. The van der Waals surface area contributed by atoms with E-state index in [4.69, 9.17) is 9.47 Å². The van der Waals surface area contributed by atoms with Gasteiger partial charge in [0.2, 0.25) is 11.7 Å². The molecule has 0 unspecified atom stereocenters. The number of para-hydroxylation sites is 1. The van der Waals surface area contributed by atoms with Gasteiger partial charge in [0.25, 0.3) is 0 Å². The van der Waals surface area contributed by atoms with Crippen LogP contribution in [0.15, 0.2) is 30.3 Å². The predicted molar refractivity (Wildman–Crippen MR) is 141 cm³/mol. The lowest BCUT2D eigenvalue weighted by atomic mass is 9.86. The molecule has 1 atom stereocenters. The summed E-state index contributed by atoms with van der Waals surface area (Å²) in [6, 6.07) is 6.28. The van der Waals surface area contributed by atoms with Crippen molar-refractivity contribution >= 4 is 23.8 Å². The summed E-state index contributed by atoms with van der Waals surface area (Å²) in [4.78, 5) is 51.1. The number of ketones is 1. The Labute approximate surface area is 235 Å². The van der Waals surface area contributed by atoms with Gasteiger partial charge in [0.1, 0.15) is 18.4 Å². The van der Waals surface area contributed by atoms with Gasteiger partial charge in [-0.1, -0.05) is 39.0 Å². The Kier molecular flexibility index (Phi) is 10.0. The minimum Gasteiger partial charge on any atom is -0.481 e. The lowest BCUT2D eigenvalue weighted by Crippen LogP contribution is -2.49. The Morgan fingerprint density at radius 1 is 1.07 bits per heavy atom. The lowest BCUT2D eigenvalue weighted by Gasteiger charge is -2.32. The largest absolute Gasteiger partial charge is 0.481 e. The number of hydrogen-bond acceptors (Lipinski definition) is 6. The lowest BCUT2D eigenvalue weighted by molar-refractivity contribution is -0.141. The van der Waals surface area contributed by atoms with E-state index in [1.807, 2.05) is 32.9 Å². The summed E-state index contributed by atoms with van der Waals surface area (Å²) < 4.78 is 52.3. The van der Waals surface area contributed by atoms with Crippen molar-refractivity contribution in [3.8, 4) is 11.5 Å². The molecule has 0 bridgehead atoms. The van der Waals surface area contributed by atoms with Crippen LogP contribution in [-0.4, -0.2) is 59.5 Å². The minimum absolute atomic E-state index is 0.187. The number of benzene rings is 2. The van der Waals surface area contributed by atoms with Crippen molar-refractivity contribution in [2.24, 2.45) is 5.92 Å². The van der Waals surface area contributed by atoms with Crippen LogP contribution in [0.4, 0.5) is 18.0 Å². The third-order valence-electron chi connectivity index (χ3n) is 6.76. The molecule has 0 aromatic heterocycles. The maximum Gasteiger partial charge on any atom is 0.415 e. The van der Waals surface area contributed by atoms with E-state index in [1.165, 1.54) is 11.8 Å². The fraction of sp³-hybridized carbons (Fsp3) is 0.448. The molecule has 222 valence electrons. The number of amides is 2. The maximum absolute atomic E-state index is 14.2. The van der Waals surface area contributed by atoms with Crippen LogP contribution in [0, 0.1) is 30.3 Å². The zero-order chi connectivity index (χ0) is 30.5. The smallest absolute Gasteiger partial charge is 0.415 e. The summed E-state index contributed by atoms with van der Waals surface area (Å²) in [5.74, 6) is -8.52. The number of carboxylic acids is 1. The summed E-state index contributed by atoms with van der Waals surface area (Å²) in [6.45, 7) is 6.54. The number of aryl methyl sites for hydroxylation is 1. The number of carbonyl (C=O) groups is 4. The molecule has 1 aliphatic heterocycles. The second kappa shape index (κ2) is 13.0. The Hall–Kier alpha value is -4.09. The van der Waals surface area contributed by atoms with Gasteiger partial charge in [0.05, 0.1) is 6.42 Å². The monoisotopic (exact) mass is 578 g/mol. The van der Waals surface area contributed by atoms with Gasteiger partial charge in [-0.25, -0.2) is 13.6 Å². The molecule has 1 saturated heterocycles. The van der Waals surface area contributed by atoms with Crippen LogP contribution in [0.2, 0.25) is 0 Å². The van der Waals surface area contributed by atoms with Crippen molar-refractivity contribution in [2.75, 3.05) is 19.7 Å². The molecule has 1 aliphatic rings. The number of likely N-dealkylation sites (tertiary alicyclic amines) is 1. The van der Waals surface area contributed by atoms with Crippen molar-refractivity contribution < 1.29 is 46.9 Å². The second-order valence-electron chi connectivity index (χ2n) is 10.9. The standard InChI is InChI=1S/C29H33F3N2O7/c1-16-13-19(30)25(32)26(24(16)31)40-15-21(35)20(14-23(36)37)33-27(38)17-9-11-34(12-10-17)28(39)41-22-8-6-5-7-18(22)29(2,3)4/h5-8,13,17,20H,9-12,14-15H2,1-4H3,(H,33,38)(H,36,37)/t20-/m0/s1. The molecule has 0 radical (unpaired) electrons. The van der Waals surface area contributed by atoms with E-state index in [0.29, 0.717) is 11.8 Å². The van der Waals surface area contributed by atoms with E-state index in [0.717, 1.165) is 5.56 Å². The highest BCUT2D eigenvalue weighted by atomic mass is 19.2. The van der Waals surface area contributed by atoms with Crippen LogP contribution in [0.25, 0.3) is 0 Å². The van der Waals surface area contributed by atoms with E-state index in [9.17, 15) is 37.5 Å². The molecular formula is C29H33F3N2O7. The highest BCUT2D eigenvalue weighted by Gasteiger charge is 2.33. The van der Waals surface area contributed by atoms with Gasteiger partial charge in [-0.2, -0.15) is 4.39 Å². The molecule has 0 aliphatic carbocycles. The topological polar surface area (TPSA) is 122 Å². The SMILES string of the molecule is Cc1cc(F)c(F)c(OCC(=O)[C@H](CC(=O)O)NC(=O)C2CCN(C(=O)Oc3ccccc3C(C)(C)C)CC2)c1F. The Bertz CT molecular complexity index is 1290. The molecule has 0 saturated carbocycles. The van der Waals surface area contributed by atoms with Crippen LogP contribution in [-0.2, 0) is 19.8 Å². The van der Waals surface area contributed by atoms with Gasteiger partial charge >= 0.3 is 12.1 Å². The van der Waals surface area contributed by atoms with Gasteiger partial charge in [0.15, 0.2) is 23.2 Å². The van der Waals surface area contributed by atoms with E-state index in [1.54, 1.807) is 12.1 Å². The first-order valence-corrected chi connectivity index (χ1v) is 13.1. The van der Waals surface area contributed by atoms with Crippen molar-refractivity contribution in [3.05, 3.63) is 58.9 Å². The Balaban J connectivity index is 1.58. The minimum atomic E-state index is -1.63. The number of nitrogens with zero attached hydrogens (tertiary/aromatic N) is 1.